The van der Waals surface area contributed by atoms with E-state index in [-0.39, 0.29) is 0 Å². The van der Waals surface area contributed by atoms with Crippen LogP contribution in [-0.4, -0.2) is 0 Å². The summed E-state index contributed by atoms with van der Waals surface area (Å²) in [5.41, 5.74) is 8.92. The molecule has 0 atom stereocenters. The van der Waals surface area contributed by atoms with Crippen LogP contribution >= 0.6 is 11.3 Å². The number of rotatable bonds is 7. The lowest BCUT2D eigenvalue weighted by atomic mass is 9.48. The number of para-hydroxylation sites is 2. The van der Waals surface area contributed by atoms with Crippen LogP contribution in [0.1, 0.15) is 44.1 Å². The Kier molecular flexibility index (Phi) is 6.91. The minimum Gasteiger partial charge on any atom is -0.310 e. The highest BCUT2D eigenvalue weighted by atomic mass is 32.1. The van der Waals surface area contributed by atoms with Gasteiger partial charge in [-0.25, -0.2) is 0 Å². The fraction of sp³-hybridized carbons (Fsp3) is 0.217. The number of hydrogen-bond acceptors (Lipinski definition) is 3. The molecule has 49 heavy (non-hydrogen) atoms. The van der Waals surface area contributed by atoms with Gasteiger partial charge in [-0.3, -0.25) is 0 Å². The molecule has 4 fully saturated rings. The molecule has 4 aliphatic carbocycles. The average molecular weight is 653 g/mol. The van der Waals surface area contributed by atoms with Crippen molar-refractivity contribution in [1.29, 1.82) is 0 Å². The molecule has 0 radical (unpaired) electrons. The Morgan fingerprint density at radius 3 is 1.51 bits per heavy atom. The molecule has 7 aromatic rings. The third kappa shape index (κ3) is 5.06. The van der Waals surface area contributed by atoms with Crippen LogP contribution in [0.5, 0.6) is 0 Å². The van der Waals surface area contributed by atoms with Crippen LogP contribution in [-0.2, 0) is 5.41 Å². The molecular formula is C46H40N2S. The van der Waals surface area contributed by atoms with Crippen molar-refractivity contribution in [1.82, 2.24) is 0 Å². The van der Waals surface area contributed by atoms with Gasteiger partial charge in [0.25, 0.3) is 0 Å². The van der Waals surface area contributed by atoms with Crippen molar-refractivity contribution in [2.45, 2.75) is 43.9 Å². The monoisotopic (exact) mass is 652 g/mol. The predicted octanol–water partition coefficient (Wildman–Crippen LogP) is 13.5. The number of fused-ring (bicyclic) bond motifs is 3. The SMILES string of the molecule is c1ccc(N(c2ccc(C34CC5CC(CC(C5)C3)C4)cc2)c2cccc(N(c3ccccc3)c3ccc4sc5ccccc5c4c3)c2)cc1. The molecule has 4 saturated carbocycles. The first kappa shape index (κ1) is 29.1. The molecule has 6 aromatic carbocycles. The second kappa shape index (κ2) is 11.6. The highest BCUT2D eigenvalue weighted by Crippen LogP contribution is 2.61. The van der Waals surface area contributed by atoms with Gasteiger partial charge >= 0.3 is 0 Å². The zero-order valence-corrected chi connectivity index (χ0v) is 28.5. The highest BCUT2D eigenvalue weighted by molar-refractivity contribution is 7.25. The van der Waals surface area contributed by atoms with Crippen molar-refractivity contribution in [3.05, 3.63) is 157 Å². The van der Waals surface area contributed by atoms with Crippen molar-refractivity contribution >= 4 is 65.6 Å². The Hall–Kier alpha value is -4.86. The summed E-state index contributed by atoms with van der Waals surface area (Å²) >= 11 is 1.87. The van der Waals surface area contributed by atoms with Gasteiger partial charge in [-0.2, -0.15) is 0 Å². The van der Waals surface area contributed by atoms with E-state index in [9.17, 15) is 0 Å². The maximum atomic E-state index is 2.47. The standard InChI is InChI=1S/C46H40N2S/c1-3-10-36(11-4-1)47(38-20-18-35(19-21-38)46-29-32-24-33(30-46)26-34(25-32)31-46)39-14-9-15-40(27-39)48(37-12-5-2-6-13-37)41-22-23-45-43(28-41)42-16-7-8-17-44(42)49-45/h1-23,27-28,32-34H,24-26,29-31H2. The van der Waals surface area contributed by atoms with E-state index in [1.54, 1.807) is 5.56 Å². The molecule has 240 valence electrons. The molecule has 0 amide bonds. The first-order chi connectivity index (χ1) is 24.2. The van der Waals surface area contributed by atoms with Gasteiger partial charge in [-0.05, 0) is 146 Å². The molecule has 0 unspecified atom stereocenters. The largest absolute Gasteiger partial charge is 0.310 e. The smallest absolute Gasteiger partial charge is 0.0482 e. The summed E-state index contributed by atoms with van der Waals surface area (Å²) in [4.78, 5) is 4.82. The zero-order chi connectivity index (χ0) is 32.4. The minimum absolute atomic E-state index is 0.399. The van der Waals surface area contributed by atoms with Gasteiger partial charge in [-0.1, -0.05) is 72.8 Å². The van der Waals surface area contributed by atoms with Crippen molar-refractivity contribution in [3.8, 4) is 0 Å². The first-order valence-corrected chi connectivity index (χ1v) is 18.8. The lowest BCUT2D eigenvalue weighted by molar-refractivity contribution is -0.00518. The quantitative estimate of drug-likeness (QED) is 0.169. The van der Waals surface area contributed by atoms with Crippen LogP contribution in [0.3, 0.4) is 0 Å². The van der Waals surface area contributed by atoms with Crippen LogP contribution in [0, 0.1) is 17.8 Å². The molecular weight excluding hydrogens is 613 g/mol. The maximum absolute atomic E-state index is 2.47. The van der Waals surface area contributed by atoms with Gasteiger partial charge in [-0.15, -0.1) is 11.3 Å². The molecule has 3 heteroatoms. The Labute approximate surface area is 293 Å². The van der Waals surface area contributed by atoms with Crippen LogP contribution in [0.4, 0.5) is 34.1 Å². The summed E-state index contributed by atoms with van der Waals surface area (Å²) < 4.78 is 2.65. The molecule has 1 heterocycles. The number of hydrogen-bond donors (Lipinski definition) is 0. The van der Waals surface area contributed by atoms with Gasteiger partial charge < -0.3 is 9.80 Å². The number of anilines is 6. The summed E-state index contributed by atoms with van der Waals surface area (Å²) in [7, 11) is 0. The van der Waals surface area contributed by atoms with Crippen molar-refractivity contribution < 1.29 is 0 Å². The van der Waals surface area contributed by atoms with Crippen LogP contribution in [0.2, 0.25) is 0 Å². The predicted molar refractivity (Wildman–Crippen MR) is 209 cm³/mol. The Morgan fingerprint density at radius 1 is 0.408 bits per heavy atom. The van der Waals surface area contributed by atoms with Crippen molar-refractivity contribution in [2.24, 2.45) is 17.8 Å². The second-order valence-corrected chi connectivity index (χ2v) is 16.0. The number of thiophene rings is 1. The fourth-order valence-corrected chi connectivity index (χ4v) is 11.2. The lowest BCUT2D eigenvalue weighted by Gasteiger charge is -2.57. The van der Waals surface area contributed by atoms with Crippen LogP contribution in [0.25, 0.3) is 20.2 Å². The fourth-order valence-electron chi connectivity index (χ4n) is 10.1. The van der Waals surface area contributed by atoms with Gasteiger partial charge in [0.15, 0.2) is 0 Å². The van der Waals surface area contributed by atoms with E-state index in [1.165, 1.54) is 70.1 Å². The molecule has 4 aliphatic rings. The Morgan fingerprint density at radius 2 is 0.878 bits per heavy atom. The van der Waals surface area contributed by atoms with E-state index in [4.69, 9.17) is 0 Å². The van der Waals surface area contributed by atoms with E-state index >= 15 is 0 Å². The van der Waals surface area contributed by atoms with E-state index in [2.05, 4.69) is 161 Å². The molecule has 11 rings (SSSR count). The topological polar surface area (TPSA) is 6.48 Å². The van der Waals surface area contributed by atoms with E-state index in [1.807, 2.05) is 11.3 Å². The summed E-state index contributed by atoms with van der Waals surface area (Å²) in [6, 6.07) is 56.1. The molecule has 2 nitrogen and oxygen atoms in total. The van der Waals surface area contributed by atoms with Gasteiger partial charge in [0.1, 0.15) is 0 Å². The van der Waals surface area contributed by atoms with E-state index in [0.717, 1.165) is 40.5 Å². The zero-order valence-electron chi connectivity index (χ0n) is 27.7. The van der Waals surface area contributed by atoms with Crippen LogP contribution in [0.15, 0.2) is 152 Å². The van der Waals surface area contributed by atoms with E-state index in [0.29, 0.717) is 5.41 Å². The maximum Gasteiger partial charge on any atom is 0.0482 e. The summed E-state index contributed by atoms with van der Waals surface area (Å²) in [6.07, 6.45) is 8.62. The van der Waals surface area contributed by atoms with E-state index < -0.39 is 0 Å². The summed E-state index contributed by atoms with van der Waals surface area (Å²) in [6.45, 7) is 0. The van der Waals surface area contributed by atoms with Gasteiger partial charge in [0, 0.05) is 54.3 Å². The number of benzene rings is 6. The van der Waals surface area contributed by atoms with Crippen molar-refractivity contribution in [2.75, 3.05) is 9.80 Å². The first-order valence-electron chi connectivity index (χ1n) is 18.0. The Bertz CT molecular complexity index is 2240. The molecule has 0 N–H and O–H groups in total. The summed E-state index contributed by atoms with van der Waals surface area (Å²) in [5, 5.41) is 2.62. The van der Waals surface area contributed by atoms with Crippen LogP contribution < -0.4 is 9.80 Å². The molecule has 0 spiro atoms. The minimum atomic E-state index is 0.399. The lowest BCUT2D eigenvalue weighted by Crippen LogP contribution is -2.48. The van der Waals surface area contributed by atoms with Gasteiger partial charge in [0.2, 0.25) is 0 Å². The second-order valence-electron chi connectivity index (χ2n) is 14.9. The molecule has 1 aromatic heterocycles. The summed E-state index contributed by atoms with van der Waals surface area (Å²) in [5.74, 6) is 2.84. The third-order valence-corrected chi connectivity index (χ3v) is 12.9. The van der Waals surface area contributed by atoms with Crippen molar-refractivity contribution in [3.63, 3.8) is 0 Å². The Balaban J connectivity index is 1.07. The highest BCUT2D eigenvalue weighted by Gasteiger charge is 2.51. The van der Waals surface area contributed by atoms with Gasteiger partial charge in [0.05, 0.1) is 0 Å². The molecule has 0 aliphatic heterocycles. The molecule has 0 saturated heterocycles. The average Bonchev–Trinajstić information content (AvgIpc) is 3.51. The number of nitrogens with zero attached hydrogens (tertiary/aromatic N) is 2. The normalized spacial score (nSPS) is 22.5. The third-order valence-electron chi connectivity index (χ3n) is 11.8. The molecule has 4 bridgehead atoms.